The lowest BCUT2D eigenvalue weighted by Gasteiger charge is -2.01. The van der Waals surface area contributed by atoms with E-state index in [0.717, 1.165) is 27.7 Å². The number of carbonyl (C=O) groups is 1. The molecule has 0 aliphatic heterocycles. The number of carboxylic acid groups (broad SMARTS) is 1. The van der Waals surface area contributed by atoms with Gasteiger partial charge in [0.25, 0.3) is 0 Å². The molecule has 0 fully saturated rings. The molecular formula is C13H12N2O3. The average molecular weight is 244 g/mol. The summed E-state index contributed by atoms with van der Waals surface area (Å²) in [6.07, 6.45) is 0. The van der Waals surface area contributed by atoms with E-state index in [4.69, 9.17) is 9.84 Å². The Morgan fingerprint density at radius 3 is 2.78 bits per heavy atom. The third-order valence-electron chi connectivity index (χ3n) is 3.20. The highest BCUT2D eigenvalue weighted by molar-refractivity contribution is 6.08. The van der Waals surface area contributed by atoms with Crippen molar-refractivity contribution in [1.29, 1.82) is 0 Å². The van der Waals surface area contributed by atoms with Crippen LogP contribution in [0.3, 0.4) is 0 Å². The second-order valence-electron chi connectivity index (χ2n) is 4.19. The quantitative estimate of drug-likeness (QED) is 0.727. The molecule has 3 aromatic rings. The van der Waals surface area contributed by atoms with Gasteiger partial charge < -0.3 is 19.4 Å². The zero-order valence-corrected chi connectivity index (χ0v) is 10.0. The first kappa shape index (κ1) is 10.7. The number of aromatic nitrogens is 2. The van der Waals surface area contributed by atoms with Crippen molar-refractivity contribution < 1.29 is 14.6 Å². The van der Waals surface area contributed by atoms with Crippen LogP contribution in [0.25, 0.3) is 21.9 Å². The molecule has 1 aromatic carbocycles. The number of nitrogens with zero attached hydrogens (tertiary/aromatic N) is 1. The predicted octanol–water partition coefficient (Wildman–Crippen LogP) is 2.37. The number of aryl methyl sites for hydroxylation is 1. The summed E-state index contributed by atoms with van der Waals surface area (Å²) in [6.45, 7) is 0. The van der Waals surface area contributed by atoms with Crippen LogP contribution in [-0.2, 0) is 7.05 Å². The highest BCUT2D eigenvalue weighted by atomic mass is 16.5. The molecular weight excluding hydrogens is 232 g/mol. The van der Waals surface area contributed by atoms with Crippen molar-refractivity contribution >= 4 is 27.9 Å². The van der Waals surface area contributed by atoms with Crippen LogP contribution in [0.4, 0.5) is 0 Å². The molecule has 2 N–H and O–H groups in total. The van der Waals surface area contributed by atoms with Gasteiger partial charge in [-0.25, -0.2) is 4.79 Å². The van der Waals surface area contributed by atoms with E-state index in [9.17, 15) is 4.79 Å². The van der Waals surface area contributed by atoms with Crippen LogP contribution in [-0.4, -0.2) is 27.7 Å². The first-order valence-electron chi connectivity index (χ1n) is 5.50. The average Bonchev–Trinajstić information content (AvgIpc) is 2.85. The molecule has 3 rings (SSSR count). The second-order valence-corrected chi connectivity index (χ2v) is 4.19. The lowest BCUT2D eigenvalue weighted by atomic mass is 10.2. The summed E-state index contributed by atoms with van der Waals surface area (Å²) < 4.78 is 6.87. The van der Waals surface area contributed by atoms with E-state index in [1.165, 1.54) is 0 Å². The van der Waals surface area contributed by atoms with Crippen LogP contribution in [0.15, 0.2) is 24.3 Å². The number of hydrogen-bond acceptors (Lipinski definition) is 2. The van der Waals surface area contributed by atoms with Gasteiger partial charge in [-0.3, -0.25) is 0 Å². The number of rotatable bonds is 2. The number of H-pyrrole nitrogens is 1. The first-order chi connectivity index (χ1) is 8.61. The molecule has 2 aromatic heterocycles. The minimum absolute atomic E-state index is 0.265. The maximum absolute atomic E-state index is 11.1. The molecule has 0 saturated carbocycles. The van der Waals surface area contributed by atoms with E-state index in [2.05, 4.69) is 4.98 Å². The van der Waals surface area contributed by atoms with Crippen molar-refractivity contribution in [1.82, 2.24) is 9.55 Å². The van der Waals surface area contributed by atoms with Crippen molar-refractivity contribution in [3.8, 4) is 5.75 Å². The van der Waals surface area contributed by atoms with Crippen LogP contribution >= 0.6 is 0 Å². The van der Waals surface area contributed by atoms with E-state index in [-0.39, 0.29) is 5.69 Å². The number of aromatic carboxylic acids is 1. The molecule has 0 bridgehead atoms. The number of methoxy groups -OCH3 is 1. The van der Waals surface area contributed by atoms with Gasteiger partial charge in [-0.15, -0.1) is 0 Å². The monoisotopic (exact) mass is 244 g/mol. The van der Waals surface area contributed by atoms with E-state index in [1.54, 1.807) is 24.8 Å². The van der Waals surface area contributed by atoms with Crippen LogP contribution in [0.1, 0.15) is 10.5 Å². The minimum Gasteiger partial charge on any atom is -0.497 e. The van der Waals surface area contributed by atoms with Gasteiger partial charge in [0.2, 0.25) is 0 Å². The number of carboxylic acids is 1. The normalized spacial score (nSPS) is 11.2. The van der Waals surface area contributed by atoms with Crippen LogP contribution in [0.5, 0.6) is 5.75 Å². The number of benzene rings is 1. The molecule has 18 heavy (non-hydrogen) atoms. The SMILES string of the molecule is COc1ccc2[nH]c3cc(C(=O)O)n(C)c3c2c1. The van der Waals surface area contributed by atoms with E-state index in [0.29, 0.717) is 0 Å². The summed E-state index contributed by atoms with van der Waals surface area (Å²) in [5, 5.41) is 10.1. The molecule has 2 heterocycles. The number of fused-ring (bicyclic) bond motifs is 3. The lowest BCUT2D eigenvalue weighted by Crippen LogP contribution is -2.03. The minimum atomic E-state index is -0.932. The molecule has 0 radical (unpaired) electrons. The standard InChI is InChI=1S/C13H12N2O3/c1-15-11(13(16)17)6-10-12(15)8-5-7(18-2)3-4-9(8)14-10/h3-6,14H,1-2H3,(H,16,17). The summed E-state index contributed by atoms with van der Waals surface area (Å²) in [7, 11) is 3.36. The largest absolute Gasteiger partial charge is 0.497 e. The van der Waals surface area contributed by atoms with Crippen LogP contribution < -0.4 is 4.74 Å². The Labute approximate surface area is 103 Å². The molecule has 92 valence electrons. The van der Waals surface area contributed by atoms with Gasteiger partial charge in [0.1, 0.15) is 11.4 Å². The fraction of sp³-hybridized carbons (Fsp3) is 0.154. The fourth-order valence-electron chi connectivity index (χ4n) is 2.33. The Morgan fingerprint density at radius 2 is 2.11 bits per heavy atom. The Balaban J connectivity index is 2.41. The van der Waals surface area contributed by atoms with Gasteiger partial charge in [0.15, 0.2) is 0 Å². The smallest absolute Gasteiger partial charge is 0.352 e. The molecule has 0 unspecified atom stereocenters. The number of nitrogens with one attached hydrogen (secondary N) is 1. The molecule has 0 atom stereocenters. The maximum Gasteiger partial charge on any atom is 0.352 e. The molecule has 0 aliphatic carbocycles. The van der Waals surface area contributed by atoms with Gasteiger partial charge in [0.05, 0.1) is 18.1 Å². The van der Waals surface area contributed by atoms with Crippen LogP contribution in [0, 0.1) is 0 Å². The summed E-state index contributed by atoms with van der Waals surface area (Å²) >= 11 is 0. The molecule has 5 nitrogen and oxygen atoms in total. The molecule has 0 saturated heterocycles. The zero-order valence-electron chi connectivity index (χ0n) is 10.0. The Bertz CT molecular complexity index is 767. The van der Waals surface area contributed by atoms with Crippen molar-refractivity contribution in [2.24, 2.45) is 7.05 Å². The predicted molar refractivity (Wildman–Crippen MR) is 68.3 cm³/mol. The Kier molecular flexibility index (Phi) is 2.10. The summed E-state index contributed by atoms with van der Waals surface area (Å²) in [5.41, 5.74) is 2.92. The third kappa shape index (κ3) is 1.30. The van der Waals surface area contributed by atoms with Gasteiger partial charge in [-0.05, 0) is 24.3 Å². The summed E-state index contributed by atoms with van der Waals surface area (Å²) in [6, 6.07) is 7.34. The van der Waals surface area contributed by atoms with Crippen LogP contribution in [0.2, 0.25) is 0 Å². The fourth-order valence-corrected chi connectivity index (χ4v) is 2.33. The first-order valence-corrected chi connectivity index (χ1v) is 5.50. The van der Waals surface area contributed by atoms with E-state index in [1.807, 2.05) is 18.2 Å². The number of hydrogen-bond donors (Lipinski definition) is 2. The molecule has 0 spiro atoms. The summed E-state index contributed by atoms with van der Waals surface area (Å²) in [5.74, 6) is -0.181. The van der Waals surface area contributed by atoms with Gasteiger partial charge in [-0.1, -0.05) is 0 Å². The number of aromatic amines is 1. The molecule has 0 amide bonds. The molecule has 0 aliphatic rings. The van der Waals surface area contributed by atoms with Crippen molar-refractivity contribution in [3.05, 3.63) is 30.0 Å². The third-order valence-corrected chi connectivity index (χ3v) is 3.20. The number of ether oxygens (including phenoxy) is 1. The van der Waals surface area contributed by atoms with Gasteiger partial charge in [0, 0.05) is 18.0 Å². The van der Waals surface area contributed by atoms with E-state index >= 15 is 0 Å². The zero-order chi connectivity index (χ0) is 12.9. The van der Waals surface area contributed by atoms with E-state index < -0.39 is 5.97 Å². The second kappa shape index (κ2) is 3.53. The summed E-state index contributed by atoms with van der Waals surface area (Å²) in [4.78, 5) is 14.3. The highest BCUT2D eigenvalue weighted by Crippen LogP contribution is 2.30. The lowest BCUT2D eigenvalue weighted by molar-refractivity contribution is 0.0687. The van der Waals surface area contributed by atoms with Gasteiger partial charge >= 0.3 is 5.97 Å². The Morgan fingerprint density at radius 1 is 1.33 bits per heavy atom. The van der Waals surface area contributed by atoms with Gasteiger partial charge in [-0.2, -0.15) is 0 Å². The topological polar surface area (TPSA) is 67.2 Å². The van der Waals surface area contributed by atoms with Crippen molar-refractivity contribution in [2.45, 2.75) is 0 Å². The highest BCUT2D eigenvalue weighted by Gasteiger charge is 2.16. The Hall–Kier alpha value is -2.43. The maximum atomic E-state index is 11.1. The van der Waals surface area contributed by atoms with Crippen molar-refractivity contribution in [3.63, 3.8) is 0 Å². The van der Waals surface area contributed by atoms with Crippen molar-refractivity contribution in [2.75, 3.05) is 7.11 Å². The molecule has 5 heteroatoms.